The maximum absolute atomic E-state index is 8.89. The minimum atomic E-state index is -1.08. The normalized spacial score (nSPS) is 12.6. The van der Waals surface area contributed by atoms with Crippen molar-refractivity contribution in [2.75, 3.05) is 0 Å². The molecule has 0 saturated heterocycles. The topological polar surface area (TPSA) is 80.3 Å². The number of carbonyl (C=O) groups excluding carboxylic acids is 2. The van der Waals surface area contributed by atoms with Gasteiger partial charge in [0.05, 0.1) is 0 Å². The van der Waals surface area contributed by atoms with Gasteiger partial charge in [0.25, 0.3) is 0 Å². The zero-order valence-corrected chi connectivity index (χ0v) is 36.6. The SMILES string of the molecule is C=C1CC=CC=C1P(c1ccccc1C)c1ccccc1C.C=C1CC=CC=C1P(c1ccccc1C)c1ccccc1C.CC(=O)[O-].CC(=O)[O-].[Pd].[Pd]. The summed E-state index contributed by atoms with van der Waals surface area (Å²) in [6, 6.07) is 35.0. The molecule has 2 aliphatic carbocycles. The molecule has 0 spiro atoms. The molecule has 0 heterocycles. The Morgan fingerprint density at radius 1 is 0.500 bits per heavy atom. The van der Waals surface area contributed by atoms with Gasteiger partial charge in [-0.1, -0.05) is 147 Å². The molecule has 4 aromatic rings. The molecule has 0 saturated carbocycles. The van der Waals surface area contributed by atoms with Gasteiger partial charge in [-0.15, -0.1) is 0 Å². The van der Waals surface area contributed by atoms with Crippen molar-refractivity contribution in [3.8, 4) is 0 Å². The van der Waals surface area contributed by atoms with E-state index in [0.717, 1.165) is 26.7 Å². The predicted molar refractivity (Wildman–Crippen MR) is 220 cm³/mol. The van der Waals surface area contributed by atoms with Crippen LogP contribution in [0.15, 0.2) is 168 Å². The number of carbonyl (C=O) groups is 2. The van der Waals surface area contributed by atoms with E-state index >= 15 is 0 Å². The molecule has 0 fully saturated rings. The van der Waals surface area contributed by atoms with Gasteiger partial charge in [0, 0.05) is 52.8 Å². The molecule has 0 bridgehead atoms. The Kier molecular flexibility index (Phi) is 22.2. The third-order valence-electron chi connectivity index (χ3n) is 8.14. The molecule has 2 aliphatic rings. The van der Waals surface area contributed by atoms with Crippen LogP contribution in [-0.4, -0.2) is 11.9 Å². The largest absolute Gasteiger partial charge is 0.550 e. The Bertz CT molecular complexity index is 1780. The van der Waals surface area contributed by atoms with Crippen LogP contribution < -0.4 is 31.4 Å². The standard InChI is InChI=1S/2C21H21P.2C2H4O2.2Pd/c2*1-16-10-4-7-13-19(16)22(20-14-8-5-11-17(20)2)21-15-9-6-12-18(21)3;2*1-2(3)4;;/h2*4-9,11-15H,1,10H2,2-3H3;2*1H3,(H,3,4);;/p-2. The molecule has 0 aliphatic heterocycles. The molecule has 4 nitrogen and oxygen atoms in total. The fraction of sp³-hybridized carbons (Fsp3) is 0.174. The molecular formula is C46H48O4P2Pd2-2. The summed E-state index contributed by atoms with van der Waals surface area (Å²) in [5.74, 6) is -2.17. The van der Waals surface area contributed by atoms with E-state index in [9.17, 15) is 0 Å². The Hall–Kier alpha value is -3.56. The quantitative estimate of drug-likeness (QED) is 0.146. The van der Waals surface area contributed by atoms with Crippen LogP contribution in [0.3, 0.4) is 0 Å². The number of rotatable bonds is 6. The van der Waals surface area contributed by atoms with Crippen LogP contribution >= 0.6 is 15.8 Å². The molecule has 0 N–H and O–H groups in total. The first-order valence-corrected chi connectivity index (χ1v) is 19.8. The third kappa shape index (κ3) is 14.6. The van der Waals surface area contributed by atoms with Crippen molar-refractivity contribution in [2.45, 2.75) is 54.4 Å². The van der Waals surface area contributed by atoms with Crippen LogP contribution in [0.25, 0.3) is 0 Å². The van der Waals surface area contributed by atoms with Crippen molar-refractivity contribution >= 4 is 49.0 Å². The number of hydrogen-bond donors (Lipinski definition) is 0. The van der Waals surface area contributed by atoms with Gasteiger partial charge in [0.1, 0.15) is 0 Å². The van der Waals surface area contributed by atoms with Crippen LogP contribution in [0.1, 0.15) is 48.9 Å². The Morgan fingerprint density at radius 2 is 0.722 bits per heavy atom. The van der Waals surface area contributed by atoms with Gasteiger partial charge in [-0.2, -0.15) is 0 Å². The minimum absolute atomic E-state index is 0. The Balaban J connectivity index is 0.000000437. The van der Waals surface area contributed by atoms with Crippen molar-refractivity contribution in [1.29, 1.82) is 0 Å². The molecular weight excluding hydrogens is 891 g/mol. The number of carboxylic acid groups (broad SMARTS) is 2. The molecule has 288 valence electrons. The fourth-order valence-corrected chi connectivity index (χ4v) is 11.2. The van der Waals surface area contributed by atoms with E-state index in [4.69, 9.17) is 19.8 Å². The maximum atomic E-state index is 8.89. The second-order valence-electron chi connectivity index (χ2n) is 12.4. The maximum Gasteiger partial charge on any atom is 0.0383 e. The molecule has 0 radical (unpaired) electrons. The van der Waals surface area contributed by atoms with Crippen LogP contribution in [0.5, 0.6) is 0 Å². The number of aliphatic carboxylic acids is 2. The van der Waals surface area contributed by atoms with E-state index in [1.54, 1.807) is 0 Å². The van der Waals surface area contributed by atoms with Crippen molar-refractivity contribution < 1.29 is 60.6 Å². The van der Waals surface area contributed by atoms with Gasteiger partial charge in [-0.25, -0.2) is 0 Å². The van der Waals surface area contributed by atoms with Gasteiger partial charge < -0.3 is 19.8 Å². The zero-order chi connectivity index (χ0) is 38.2. The van der Waals surface area contributed by atoms with Crippen molar-refractivity contribution in [3.05, 3.63) is 191 Å². The molecule has 8 heteroatoms. The van der Waals surface area contributed by atoms with E-state index in [0.29, 0.717) is 0 Å². The number of allylic oxidation sites excluding steroid dienone is 10. The predicted octanol–water partition coefficient (Wildman–Crippen LogP) is 7.78. The Morgan fingerprint density at radius 3 is 0.926 bits per heavy atom. The molecule has 4 aromatic carbocycles. The first kappa shape index (κ1) is 48.5. The smallest absolute Gasteiger partial charge is 0.0383 e. The minimum Gasteiger partial charge on any atom is -0.550 e. The van der Waals surface area contributed by atoms with E-state index in [1.807, 2.05) is 0 Å². The van der Waals surface area contributed by atoms with Crippen LogP contribution in [-0.2, 0) is 50.4 Å². The summed E-state index contributed by atoms with van der Waals surface area (Å²) in [4.78, 5) is 17.8. The van der Waals surface area contributed by atoms with Crippen molar-refractivity contribution in [1.82, 2.24) is 0 Å². The van der Waals surface area contributed by atoms with Crippen LogP contribution in [0.2, 0.25) is 0 Å². The second kappa shape index (κ2) is 24.8. The number of benzene rings is 4. The average Bonchev–Trinajstić information content (AvgIpc) is 3.10. The number of aryl methyl sites for hydroxylation is 4. The zero-order valence-electron chi connectivity index (χ0n) is 31.7. The molecule has 0 aromatic heterocycles. The average molecular weight is 940 g/mol. The van der Waals surface area contributed by atoms with Gasteiger partial charge in [-0.3, -0.25) is 0 Å². The second-order valence-corrected chi connectivity index (χ2v) is 16.6. The Labute approximate surface area is 352 Å². The molecule has 0 atom stereocenters. The summed E-state index contributed by atoms with van der Waals surface area (Å²) < 4.78 is 0. The first-order chi connectivity index (χ1) is 24.8. The summed E-state index contributed by atoms with van der Waals surface area (Å²) in [5.41, 5.74) is 7.95. The first-order valence-electron chi connectivity index (χ1n) is 17.1. The van der Waals surface area contributed by atoms with Gasteiger partial charge >= 0.3 is 0 Å². The molecule has 6 rings (SSSR count). The third-order valence-corrected chi connectivity index (χ3v) is 14.0. The van der Waals surface area contributed by atoms with Crippen LogP contribution in [0, 0.1) is 27.7 Å². The van der Waals surface area contributed by atoms with Gasteiger partial charge in [0.2, 0.25) is 0 Å². The van der Waals surface area contributed by atoms with E-state index in [1.165, 1.54) is 65.2 Å². The monoisotopic (exact) mass is 938 g/mol. The summed E-state index contributed by atoms with van der Waals surface area (Å²) in [7, 11) is -1.08. The summed E-state index contributed by atoms with van der Waals surface area (Å²) in [5, 5.41) is 26.3. The molecule has 0 unspecified atom stereocenters. The summed E-state index contributed by atoms with van der Waals surface area (Å²) >= 11 is 0. The van der Waals surface area contributed by atoms with Crippen molar-refractivity contribution in [2.24, 2.45) is 0 Å². The summed E-state index contributed by atoms with van der Waals surface area (Å²) in [6.07, 6.45) is 15.2. The number of carboxylic acids is 2. The van der Waals surface area contributed by atoms with E-state index in [-0.39, 0.29) is 40.8 Å². The van der Waals surface area contributed by atoms with Crippen LogP contribution in [0.4, 0.5) is 0 Å². The van der Waals surface area contributed by atoms with Gasteiger partial charge in [-0.05, 0) is 135 Å². The molecule has 0 amide bonds. The van der Waals surface area contributed by atoms with Gasteiger partial charge in [0.15, 0.2) is 0 Å². The number of hydrogen-bond acceptors (Lipinski definition) is 4. The van der Waals surface area contributed by atoms with E-state index in [2.05, 4.69) is 174 Å². The summed E-state index contributed by atoms with van der Waals surface area (Å²) in [6.45, 7) is 19.4. The molecule has 54 heavy (non-hydrogen) atoms. The van der Waals surface area contributed by atoms with E-state index < -0.39 is 27.8 Å². The fourth-order valence-electron chi connectivity index (χ4n) is 5.68. The van der Waals surface area contributed by atoms with Crippen molar-refractivity contribution in [3.63, 3.8) is 0 Å².